The van der Waals surface area contributed by atoms with E-state index in [9.17, 15) is 0 Å². The van der Waals surface area contributed by atoms with E-state index in [1.165, 1.54) is 19.4 Å². The van der Waals surface area contributed by atoms with Crippen LogP contribution in [0.4, 0.5) is 0 Å². The number of aromatic nitrogens is 3. The van der Waals surface area contributed by atoms with Gasteiger partial charge in [0.1, 0.15) is 11.6 Å². The summed E-state index contributed by atoms with van der Waals surface area (Å²) in [7, 11) is 2.01. The second-order valence-electron chi connectivity index (χ2n) is 4.78. The first-order valence-corrected chi connectivity index (χ1v) is 6.52. The van der Waals surface area contributed by atoms with E-state index in [1.54, 1.807) is 0 Å². The third-order valence-corrected chi connectivity index (χ3v) is 3.75. The first-order valence-electron chi connectivity index (χ1n) is 6.52. The number of rotatable bonds is 5. The highest BCUT2D eigenvalue weighted by Gasteiger charge is 2.22. The Morgan fingerprint density at radius 2 is 2.24 bits per heavy atom. The molecule has 1 aromatic heterocycles. The van der Waals surface area contributed by atoms with Gasteiger partial charge in [0, 0.05) is 19.6 Å². The lowest BCUT2D eigenvalue weighted by molar-refractivity contribution is 0.259. The van der Waals surface area contributed by atoms with Gasteiger partial charge in [-0.3, -0.25) is 4.90 Å². The predicted molar refractivity (Wildman–Crippen MR) is 67.7 cm³/mol. The molecule has 0 bridgehead atoms. The number of likely N-dealkylation sites (N-methyl/N-ethyl adjacent to an activating group) is 1. The Bertz CT molecular complexity index is 360. The van der Waals surface area contributed by atoms with Crippen molar-refractivity contribution in [1.82, 2.24) is 25.0 Å². The lowest BCUT2D eigenvalue weighted by atomic mass is 10.2. The Kier molecular flexibility index (Phi) is 4.12. The fourth-order valence-corrected chi connectivity index (χ4v) is 2.50. The molecule has 2 rings (SSSR count). The fraction of sp³-hybridized carbons (Fsp3) is 0.833. The Hall–Kier alpha value is -0.940. The van der Waals surface area contributed by atoms with Gasteiger partial charge >= 0.3 is 0 Å². The molecule has 1 aliphatic heterocycles. The standard InChI is InChI=1S/C12H23N5/c1-4-17-7-5-6-11(17)8-13-9-12-15-14-10(2)16(12)3/h11,13H,4-9H2,1-3H3. The topological polar surface area (TPSA) is 46.0 Å². The van der Waals surface area contributed by atoms with Crippen LogP contribution in [-0.4, -0.2) is 45.3 Å². The zero-order valence-corrected chi connectivity index (χ0v) is 11.1. The summed E-state index contributed by atoms with van der Waals surface area (Å²) < 4.78 is 2.04. The molecule has 2 heterocycles. The summed E-state index contributed by atoms with van der Waals surface area (Å²) in [4.78, 5) is 2.55. The van der Waals surface area contributed by atoms with E-state index in [4.69, 9.17) is 0 Å². The number of likely N-dealkylation sites (tertiary alicyclic amines) is 1. The Morgan fingerprint density at radius 3 is 2.88 bits per heavy atom. The van der Waals surface area contributed by atoms with Crippen molar-refractivity contribution < 1.29 is 0 Å². The molecule has 0 amide bonds. The van der Waals surface area contributed by atoms with Gasteiger partial charge in [0.25, 0.3) is 0 Å². The van der Waals surface area contributed by atoms with Gasteiger partial charge < -0.3 is 9.88 Å². The molecule has 1 N–H and O–H groups in total. The van der Waals surface area contributed by atoms with Crippen molar-refractivity contribution in [3.05, 3.63) is 11.6 Å². The van der Waals surface area contributed by atoms with Crippen LogP contribution in [-0.2, 0) is 13.6 Å². The maximum absolute atomic E-state index is 4.16. The molecule has 0 spiro atoms. The van der Waals surface area contributed by atoms with Gasteiger partial charge in [0.05, 0.1) is 6.54 Å². The van der Waals surface area contributed by atoms with Crippen molar-refractivity contribution in [3.8, 4) is 0 Å². The van der Waals surface area contributed by atoms with Gasteiger partial charge in [0.2, 0.25) is 0 Å². The van der Waals surface area contributed by atoms with Crippen molar-refractivity contribution in [2.75, 3.05) is 19.6 Å². The number of hydrogen-bond acceptors (Lipinski definition) is 4. The summed E-state index contributed by atoms with van der Waals surface area (Å²) in [6.45, 7) is 8.50. The zero-order valence-electron chi connectivity index (χ0n) is 11.1. The number of aryl methyl sites for hydroxylation is 1. The highest BCUT2D eigenvalue weighted by Crippen LogP contribution is 2.15. The normalized spacial score (nSPS) is 21.2. The largest absolute Gasteiger partial charge is 0.317 e. The molecular formula is C12H23N5. The minimum Gasteiger partial charge on any atom is -0.317 e. The quantitative estimate of drug-likeness (QED) is 0.819. The molecule has 1 fully saturated rings. The van der Waals surface area contributed by atoms with E-state index >= 15 is 0 Å². The second kappa shape index (κ2) is 5.60. The Balaban J connectivity index is 1.78. The number of hydrogen-bond donors (Lipinski definition) is 1. The van der Waals surface area contributed by atoms with Crippen LogP contribution in [0.2, 0.25) is 0 Å². The van der Waals surface area contributed by atoms with Crippen LogP contribution in [0.3, 0.4) is 0 Å². The van der Waals surface area contributed by atoms with Gasteiger partial charge in [-0.1, -0.05) is 6.92 Å². The van der Waals surface area contributed by atoms with Crippen LogP contribution in [0.15, 0.2) is 0 Å². The van der Waals surface area contributed by atoms with Gasteiger partial charge in [-0.25, -0.2) is 0 Å². The predicted octanol–water partition coefficient (Wildman–Crippen LogP) is 0.697. The van der Waals surface area contributed by atoms with E-state index in [-0.39, 0.29) is 0 Å². The van der Waals surface area contributed by atoms with Gasteiger partial charge in [-0.2, -0.15) is 0 Å². The molecule has 17 heavy (non-hydrogen) atoms. The lowest BCUT2D eigenvalue weighted by Gasteiger charge is -2.22. The van der Waals surface area contributed by atoms with Crippen molar-refractivity contribution in [1.29, 1.82) is 0 Å². The smallest absolute Gasteiger partial charge is 0.146 e. The number of nitrogens with zero attached hydrogens (tertiary/aromatic N) is 4. The molecule has 1 aromatic rings. The van der Waals surface area contributed by atoms with Crippen molar-refractivity contribution in [2.24, 2.45) is 7.05 Å². The SMILES string of the molecule is CCN1CCCC1CNCc1nnc(C)n1C. The molecule has 0 saturated carbocycles. The summed E-state index contributed by atoms with van der Waals surface area (Å²) in [6.07, 6.45) is 2.65. The van der Waals surface area contributed by atoms with E-state index in [1.807, 2.05) is 18.5 Å². The first-order chi connectivity index (χ1) is 8.22. The second-order valence-corrected chi connectivity index (χ2v) is 4.78. The molecule has 5 heteroatoms. The molecule has 5 nitrogen and oxygen atoms in total. The maximum Gasteiger partial charge on any atom is 0.146 e. The molecule has 96 valence electrons. The molecule has 1 saturated heterocycles. The molecule has 0 aliphatic carbocycles. The van der Waals surface area contributed by atoms with E-state index < -0.39 is 0 Å². The molecule has 1 aliphatic rings. The first kappa shape index (κ1) is 12.5. The molecule has 0 radical (unpaired) electrons. The van der Waals surface area contributed by atoms with Gasteiger partial charge in [0.15, 0.2) is 0 Å². The third kappa shape index (κ3) is 2.84. The molecule has 0 aromatic carbocycles. The van der Waals surface area contributed by atoms with Crippen LogP contribution in [0.5, 0.6) is 0 Å². The van der Waals surface area contributed by atoms with Crippen LogP contribution in [0.25, 0.3) is 0 Å². The van der Waals surface area contributed by atoms with Gasteiger partial charge in [-0.15, -0.1) is 10.2 Å². The summed E-state index contributed by atoms with van der Waals surface area (Å²) >= 11 is 0. The monoisotopic (exact) mass is 237 g/mol. The summed E-state index contributed by atoms with van der Waals surface area (Å²) in [5.41, 5.74) is 0. The van der Waals surface area contributed by atoms with Crippen LogP contribution in [0, 0.1) is 6.92 Å². The third-order valence-electron chi connectivity index (χ3n) is 3.75. The van der Waals surface area contributed by atoms with Gasteiger partial charge in [-0.05, 0) is 32.9 Å². The minimum atomic E-state index is 0.703. The average molecular weight is 237 g/mol. The van der Waals surface area contributed by atoms with Crippen LogP contribution in [0.1, 0.15) is 31.4 Å². The lowest BCUT2D eigenvalue weighted by Crippen LogP contribution is -2.37. The van der Waals surface area contributed by atoms with Crippen LogP contribution >= 0.6 is 0 Å². The average Bonchev–Trinajstić information content (AvgIpc) is 2.90. The van der Waals surface area contributed by atoms with Crippen molar-refractivity contribution in [3.63, 3.8) is 0 Å². The van der Waals surface area contributed by atoms with Crippen molar-refractivity contribution >= 4 is 0 Å². The highest BCUT2D eigenvalue weighted by atomic mass is 15.3. The Labute approximate surface area is 103 Å². The summed E-state index contributed by atoms with van der Waals surface area (Å²) in [5.74, 6) is 1.99. The maximum atomic E-state index is 4.16. The molecule has 1 unspecified atom stereocenters. The fourth-order valence-electron chi connectivity index (χ4n) is 2.50. The molecular weight excluding hydrogens is 214 g/mol. The van der Waals surface area contributed by atoms with Crippen LogP contribution < -0.4 is 5.32 Å². The Morgan fingerprint density at radius 1 is 1.41 bits per heavy atom. The summed E-state index contributed by atoms with van der Waals surface area (Å²) in [6, 6.07) is 0.703. The van der Waals surface area contributed by atoms with Crippen molar-refractivity contribution in [2.45, 2.75) is 39.3 Å². The number of nitrogens with one attached hydrogen (secondary N) is 1. The van der Waals surface area contributed by atoms with E-state index in [0.29, 0.717) is 6.04 Å². The summed E-state index contributed by atoms with van der Waals surface area (Å²) in [5, 5.41) is 11.7. The zero-order chi connectivity index (χ0) is 12.3. The van der Waals surface area contributed by atoms with E-state index in [2.05, 4.69) is 27.3 Å². The minimum absolute atomic E-state index is 0.703. The highest BCUT2D eigenvalue weighted by molar-refractivity contribution is 4.92. The van der Waals surface area contributed by atoms with E-state index in [0.717, 1.165) is 31.3 Å². The molecule has 1 atom stereocenters.